The van der Waals surface area contributed by atoms with Gasteiger partial charge in [-0.2, -0.15) is 5.26 Å². The van der Waals surface area contributed by atoms with Crippen LogP contribution in [0.1, 0.15) is 46.1 Å². The highest BCUT2D eigenvalue weighted by Gasteiger charge is 2.44. The number of carbonyl (C=O) groups excluding carboxylic acids is 1. The fraction of sp³-hybridized carbons (Fsp3) is 0.262. The molecular formula is C42H41N6O7PS. The molecule has 1 aliphatic heterocycles. The topological polar surface area (TPSA) is 152 Å². The number of aromatic nitrogens is 4. The van der Waals surface area contributed by atoms with Crippen LogP contribution in [0, 0.1) is 11.3 Å². The summed E-state index contributed by atoms with van der Waals surface area (Å²) in [7, 11) is 3.26. The summed E-state index contributed by atoms with van der Waals surface area (Å²) in [5.74, 6) is 1.35. The molecule has 0 radical (unpaired) electrons. The van der Waals surface area contributed by atoms with Gasteiger partial charge < -0.3 is 33.3 Å². The number of hydrogen-bond donors (Lipinski definition) is 1. The van der Waals surface area contributed by atoms with Gasteiger partial charge in [-0.15, -0.1) is 0 Å². The smallest absolute Gasteiger partial charge is 0.256 e. The molecular weight excluding hydrogens is 764 g/mol. The van der Waals surface area contributed by atoms with Crippen LogP contribution in [0.15, 0.2) is 122 Å². The van der Waals surface area contributed by atoms with Gasteiger partial charge in [0.1, 0.15) is 35.8 Å². The molecule has 3 heterocycles. The molecule has 2 aromatic heterocycles. The molecule has 1 N–H and O–H groups in total. The van der Waals surface area contributed by atoms with Crippen LogP contribution >= 0.6 is 6.49 Å². The predicted octanol–water partition coefficient (Wildman–Crippen LogP) is 7.65. The molecule has 0 bridgehead atoms. The summed E-state index contributed by atoms with van der Waals surface area (Å²) < 4.78 is 39.4. The molecule has 292 valence electrons. The number of benzene rings is 4. The van der Waals surface area contributed by atoms with Gasteiger partial charge in [0.05, 0.1) is 52.4 Å². The SMILES string of the molecule is COc1ccc(C(OC[C@H]2O[C@@H](n3cnc4c(NC(=O)c5ccccc5)ncnc43)C[C@@H]2O[P@@](C)(=S)OCCC#N)(c2ccccc2)c2ccc(OC)cc2)cc1. The normalized spacial score (nSPS) is 17.8. The molecule has 1 fully saturated rings. The monoisotopic (exact) mass is 804 g/mol. The summed E-state index contributed by atoms with van der Waals surface area (Å²) in [6.45, 7) is -0.899. The van der Waals surface area contributed by atoms with E-state index in [2.05, 4.69) is 26.3 Å². The van der Waals surface area contributed by atoms with E-state index in [4.69, 9.17) is 45.1 Å². The molecule has 0 saturated carbocycles. The van der Waals surface area contributed by atoms with Crippen LogP contribution in [0.2, 0.25) is 0 Å². The first-order valence-corrected chi connectivity index (χ1v) is 21.3. The van der Waals surface area contributed by atoms with Crippen LogP contribution in [-0.4, -0.2) is 71.7 Å². The second-order valence-electron chi connectivity index (χ2n) is 13.2. The van der Waals surface area contributed by atoms with Gasteiger partial charge in [-0.25, -0.2) is 15.0 Å². The van der Waals surface area contributed by atoms with E-state index in [0.29, 0.717) is 34.6 Å². The first-order valence-electron chi connectivity index (χ1n) is 18.2. The van der Waals surface area contributed by atoms with Crippen LogP contribution in [0.5, 0.6) is 11.5 Å². The average molecular weight is 805 g/mol. The number of hydrogen-bond acceptors (Lipinski definition) is 12. The Kier molecular flexibility index (Phi) is 12.4. The zero-order chi connectivity index (χ0) is 39.8. The molecule has 15 heteroatoms. The number of ether oxygens (including phenoxy) is 4. The van der Waals surface area contributed by atoms with Gasteiger partial charge in [0.25, 0.3) is 5.91 Å². The van der Waals surface area contributed by atoms with E-state index >= 15 is 0 Å². The number of imidazole rings is 1. The third kappa shape index (κ3) is 8.74. The Hall–Kier alpha value is -5.52. The van der Waals surface area contributed by atoms with E-state index in [1.165, 1.54) is 6.33 Å². The molecule has 7 rings (SSSR count). The third-order valence-electron chi connectivity index (χ3n) is 9.62. The van der Waals surface area contributed by atoms with Gasteiger partial charge >= 0.3 is 0 Å². The van der Waals surface area contributed by atoms with Crippen molar-refractivity contribution in [3.05, 3.63) is 144 Å². The Morgan fingerprint density at radius 1 is 0.912 bits per heavy atom. The number of anilines is 1. The standard InChI is InChI=1S/C42H41N6O7PS/c1-50-33-19-15-31(16-20-33)42(30-13-8-5-9-14-30,32-17-21-34(51-2)22-18-32)52-26-36-35(55-56(3,57)53-24-10-23-43)25-37(54-36)48-28-46-38-39(44-27-45-40(38)48)47-41(49)29-11-6-4-7-12-29/h4-9,11-22,27-28,35-37H,10,24-26H2,1-3H3,(H,44,45,47,49)/t35-,36+,37+,56-/m0/s1. The van der Waals surface area contributed by atoms with Gasteiger partial charge in [0, 0.05) is 18.6 Å². The number of nitriles is 1. The van der Waals surface area contributed by atoms with E-state index in [0.717, 1.165) is 16.7 Å². The maximum absolute atomic E-state index is 13.0. The van der Waals surface area contributed by atoms with E-state index in [1.54, 1.807) is 56.0 Å². The maximum Gasteiger partial charge on any atom is 0.256 e. The fourth-order valence-electron chi connectivity index (χ4n) is 6.87. The van der Waals surface area contributed by atoms with E-state index in [1.807, 2.05) is 84.9 Å². The Bertz CT molecular complexity index is 2330. The van der Waals surface area contributed by atoms with Crippen LogP contribution in [0.3, 0.4) is 0 Å². The highest BCUT2D eigenvalue weighted by molar-refractivity contribution is 8.09. The minimum absolute atomic E-state index is 0.0572. The fourth-order valence-corrected chi connectivity index (χ4v) is 8.62. The quantitative estimate of drug-likeness (QED) is 0.0581. The van der Waals surface area contributed by atoms with Crippen molar-refractivity contribution in [3.63, 3.8) is 0 Å². The summed E-state index contributed by atoms with van der Waals surface area (Å²) in [5.41, 5.74) is 2.80. The van der Waals surface area contributed by atoms with Gasteiger partial charge in [-0.3, -0.25) is 9.36 Å². The van der Waals surface area contributed by atoms with Crippen molar-refractivity contribution >= 4 is 41.2 Å². The third-order valence-corrected chi connectivity index (χ3v) is 11.5. The Balaban J connectivity index is 1.25. The maximum atomic E-state index is 13.0. The number of carbonyl (C=O) groups is 1. The highest BCUT2D eigenvalue weighted by Crippen LogP contribution is 2.50. The minimum atomic E-state index is -2.85. The Morgan fingerprint density at radius 2 is 1.53 bits per heavy atom. The molecule has 4 aromatic carbocycles. The van der Waals surface area contributed by atoms with Crippen molar-refractivity contribution in [2.24, 2.45) is 0 Å². The number of nitrogens with one attached hydrogen (secondary N) is 1. The molecule has 1 amide bonds. The van der Waals surface area contributed by atoms with Crippen molar-refractivity contribution in [2.75, 3.05) is 39.4 Å². The average Bonchev–Trinajstić information content (AvgIpc) is 3.86. The van der Waals surface area contributed by atoms with Crippen molar-refractivity contribution < 1.29 is 32.8 Å². The number of amides is 1. The molecule has 57 heavy (non-hydrogen) atoms. The lowest BCUT2D eigenvalue weighted by atomic mass is 9.80. The highest BCUT2D eigenvalue weighted by atomic mass is 32.5. The molecule has 1 saturated heterocycles. The number of rotatable bonds is 16. The summed E-state index contributed by atoms with van der Waals surface area (Å²) in [5, 5.41) is 12.0. The number of methoxy groups -OCH3 is 2. The lowest BCUT2D eigenvalue weighted by Crippen LogP contribution is -2.38. The molecule has 1 aliphatic rings. The molecule has 4 atom stereocenters. The molecule has 0 spiro atoms. The molecule has 13 nitrogen and oxygen atoms in total. The lowest BCUT2D eigenvalue weighted by Gasteiger charge is -2.37. The Morgan fingerprint density at radius 3 is 2.14 bits per heavy atom. The zero-order valence-electron chi connectivity index (χ0n) is 31.6. The Labute approximate surface area is 335 Å². The van der Waals surface area contributed by atoms with E-state index in [9.17, 15) is 4.79 Å². The number of fused-ring (bicyclic) bond motifs is 1. The molecule has 6 aromatic rings. The summed E-state index contributed by atoms with van der Waals surface area (Å²) in [4.78, 5) is 26.5. The van der Waals surface area contributed by atoms with Crippen LogP contribution < -0.4 is 14.8 Å². The van der Waals surface area contributed by atoms with Crippen molar-refractivity contribution in [3.8, 4) is 17.6 Å². The van der Waals surface area contributed by atoms with Crippen LogP contribution in [0.25, 0.3) is 11.2 Å². The van der Waals surface area contributed by atoms with Gasteiger partial charge in [0.2, 0.25) is 0 Å². The van der Waals surface area contributed by atoms with Crippen LogP contribution in [0.4, 0.5) is 5.82 Å². The summed E-state index contributed by atoms with van der Waals surface area (Å²) in [6.07, 6.45) is 1.63. The first kappa shape index (κ1) is 39.7. The van der Waals surface area contributed by atoms with Gasteiger partial charge in [0.15, 0.2) is 23.5 Å². The lowest BCUT2D eigenvalue weighted by molar-refractivity contribution is -0.0903. The second-order valence-corrected chi connectivity index (χ2v) is 17.2. The summed E-state index contributed by atoms with van der Waals surface area (Å²) >= 11 is 5.85. The van der Waals surface area contributed by atoms with E-state index < -0.39 is 30.5 Å². The van der Waals surface area contributed by atoms with Crippen molar-refractivity contribution in [2.45, 2.75) is 36.9 Å². The largest absolute Gasteiger partial charge is 0.497 e. The van der Waals surface area contributed by atoms with E-state index in [-0.39, 0.29) is 31.4 Å². The zero-order valence-corrected chi connectivity index (χ0v) is 33.3. The predicted molar refractivity (Wildman–Crippen MR) is 218 cm³/mol. The number of nitrogens with zero attached hydrogens (tertiary/aromatic N) is 5. The minimum Gasteiger partial charge on any atom is -0.497 e. The summed E-state index contributed by atoms with van der Waals surface area (Å²) in [6, 6.07) is 36.5. The molecule has 0 unspecified atom stereocenters. The van der Waals surface area contributed by atoms with Gasteiger partial charge in [-0.05, 0) is 64.9 Å². The second kappa shape index (κ2) is 17.7. The van der Waals surface area contributed by atoms with Gasteiger partial charge in [-0.1, -0.05) is 72.8 Å². The molecule has 0 aliphatic carbocycles. The first-order chi connectivity index (χ1) is 27.7. The van der Waals surface area contributed by atoms with Crippen molar-refractivity contribution in [1.29, 1.82) is 5.26 Å². The van der Waals surface area contributed by atoms with Crippen LogP contribution in [-0.2, 0) is 35.9 Å². The van der Waals surface area contributed by atoms with Crippen molar-refractivity contribution in [1.82, 2.24) is 19.5 Å².